The second-order valence-corrected chi connectivity index (χ2v) is 5.53. The lowest BCUT2D eigenvalue weighted by Crippen LogP contribution is -2.25. The molecule has 0 aliphatic heterocycles. The molecule has 0 unspecified atom stereocenters. The molecule has 2 aromatic rings. The number of nitro benzene ring substituents is 1. The zero-order valence-electron chi connectivity index (χ0n) is 11.2. The molecular weight excluding hydrogens is 276 g/mol. The molecule has 0 aliphatic rings. The second-order valence-electron chi connectivity index (χ2n) is 4.50. The normalized spacial score (nSPS) is 10.3. The number of carbonyl (C=O) groups is 1. The average Bonchev–Trinajstić information content (AvgIpc) is 2.91. The van der Waals surface area contributed by atoms with Crippen molar-refractivity contribution in [1.82, 2.24) is 4.90 Å². The van der Waals surface area contributed by atoms with E-state index in [9.17, 15) is 14.9 Å². The highest BCUT2D eigenvalue weighted by molar-refractivity contribution is 7.09. The molecule has 0 aliphatic carbocycles. The Labute approximate surface area is 120 Å². The van der Waals surface area contributed by atoms with Gasteiger partial charge in [0.2, 0.25) is 0 Å². The molecule has 0 spiro atoms. The lowest BCUT2D eigenvalue weighted by atomic mass is 10.1. The number of hydrogen-bond acceptors (Lipinski definition) is 4. The maximum absolute atomic E-state index is 12.3. The van der Waals surface area contributed by atoms with E-state index in [0.29, 0.717) is 17.7 Å². The monoisotopic (exact) mass is 290 g/mol. The summed E-state index contributed by atoms with van der Waals surface area (Å²) >= 11 is 1.57. The predicted octanol–water partition coefficient (Wildman–Crippen LogP) is 3.24. The van der Waals surface area contributed by atoms with Crippen LogP contribution in [0.5, 0.6) is 0 Å². The third kappa shape index (κ3) is 3.03. The summed E-state index contributed by atoms with van der Waals surface area (Å²) in [6.45, 7) is 2.15. The van der Waals surface area contributed by atoms with E-state index in [1.165, 1.54) is 6.07 Å². The van der Waals surface area contributed by atoms with Gasteiger partial charge in [-0.05, 0) is 24.4 Å². The topological polar surface area (TPSA) is 63.5 Å². The summed E-state index contributed by atoms with van der Waals surface area (Å²) in [6.07, 6.45) is 0. The molecule has 0 saturated carbocycles. The smallest absolute Gasteiger partial charge is 0.273 e. The Hall–Kier alpha value is -2.21. The standard InChI is InChI=1S/C14H14N2O3S/c1-10-5-6-11(8-13(10)16(18)19)14(17)15(2)9-12-4-3-7-20-12/h3-8H,9H2,1-2H3. The number of nitrogens with zero attached hydrogens (tertiary/aromatic N) is 2. The van der Waals surface area contributed by atoms with Crippen molar-refractivity contribution in [1.29, 1.82) is 0 Å². The van der Waals surface area contributed by atoms with Crippen LogP contribution in [-0.2, 0) is 6.54 Å². The average molecular weight is 290 g/mol. The summed E-state index contributed by atoms with van der Waals surface area (Å²) in [5.74, 6) is -0.221. The molecule has 1 aromatic heterocycles. The maximum Gasteiger partial charge on any atom is 0.273 e. The van der Waals surface area contributed by atoms with Gasteiger partial charge in [0.25, 0.3) is 11.6 Å². The van der Waals surface area contributed by atoms with Crippen LogP contribution >= 0.6 is 11.3 Å². The highest BCUT2D eigenvalue weighted by Crippen LogP contribution is 2.21. The van der Waals surface area contributed by atoms with Crippen molar-refractivity contribution in [2.24, 2.45) is 0 Å². The van der Waals surface area contributed by atoms with Crippen molar-refractivity contribution in [3.63, 3.8) is 0 Å². The van der Waals surface area contributed by atoms with E-state index in [1.807, 2.05) is 17.5 Å². The highest BCUT2D eigenvalue weighted by atomic mass is 32.1. The number of thiophene rings is 1. The number of carbonyl (C=O) groups excluding carboxylic acids is 1. The molecule has 2 rings (SSSR count). The van der Waals surface area contributed by atoms with Crippen molar-refractivity contribution >= 4 is 22.9 Å². The first-order chi connectivity index (χ1) is 9.49. The summed E-state index contributed by atoms with van der Waals surface area (Å²) in [6, 6.07) is 8.43. The number of rotatable bonds is 4. The van der Waals surface area contributed by atoms with Crippen molar-refractivity contribution in [2.75, 3.05) is 7.05 Å². The van der Waals surface area contributed by atoms with Gasteiger partial charge in [-0.1, -0.05) is 12.1 Å². The van der Waals surface area contributed by atoms with Gasteiger partial charge in [-0.25, -0.2) is 0 Å². The van der Waals surface area contributed by atoms with Crippen LogP contribution in [0.15, 0.2) is 35.7 Å². The van der Waals surface area contributed by atoms with Crippen molar-refractivity contribution < 1.29 is 9.72 Å². The quantitative estimate of drug-likeness (QED) is 0.641. The molecule has 0 bridgehead atoms. The Balaban J connectivity index is 2.20. The van der Waals surface area contributed by atoms with Gasteiger partial charge >= 0.3 is 0 Å². The maximum atomic E-state index is 12.3. The number of hydrogen-bond donors (Lipinski definition) is 0. The Morgan fingerprint density at radius 3 is 2.75 bits per heavy atom. The van der Waals surface area contributed by atoms with E-state index in [1.54, 1.807) is 42.3 Å². The number of aryl methyl sites for hydroxylation is 1. The molecular formula is C14H14N2O3S. The molecule has 0 radical (unpaired) electrons. The van der Waals surface area contributed by atoms with E-state index in [4.69, 9.17) is 0 Å². The van der Waals surface area contributed by atoms with E-state index in [-0.39, 0.29) is 11.6 Å². The summed E-state index contributed by atoms with van der Waals surface area (Å²) in [7, 11) is 1.69. The SMILES string of the molecule is Cc1ccc(C(=O)N(C)Cc2cccs2)cc1[N+](=O)[O-]. The lowest BCUT2D eigenvalue weighted by molar-refractivity contribution is -0.385. The third-order valence-electron chi connectivity index (χ3n) is 2.97. The van der Waals surface area contributed by atoms with E-state index >= 15 is 0 Å². The molecule has 1 heterocycles. The summed E-state index contributed by atoms with van der Waals surface area (Å²) in [5.41, 5.74) is 0.856. The second kappa shape index (κ2) is 5.83. The molecule has 20 heavy (non-hydrogen) atoms. The van der Waals surface area contributed by atoms with Gasteiger partial charge in [-0.3, -0.25) is 14.9 Å². The van der Waals surface area contributed by atoms with Gasteiger partial charge in [0.05, 0.1) is 11.5 Å². The Morgan fingerprint density at radius 2 is 2.15 bits per heavy atom. The third-order valence-corrected chi connectivity index (χ3v) is 3.83. The van der Waals surface area contributed by atoms with Crippen molar-refractivity contribution in [3.05, 3.63) is 61.8 Å². The fourth-order valence-corrected chi connectivity index (χ4v) is 2.62. The van der Waals surface area contributed by atoms with Crippen LogP contribution in [0.4, 0.5) is 5.69 Å². The van der Waals surface area contributed by atoms with Crippen molar-refractivity contribution in [2.45, 2.75) is 13.5 Å². The number of benzene rings is 1. The van der Waals surface area contributed by atoms with Crippen LogP contribution in [0.2, 0.25) is 0 Å². The first kappa shape index (κ1) is 14.2. The molecule has 104 valence electrons. The molecule has 1 aromatic carbocycles. The van der Waals surface area contributed by atoms with Gasteiger partial charge in [0.1, 0.15) is 0 Å². The minimum Gasteiger partial charge on any atom is -0.337 e. The molecule has 1 amide bonds. The molecule has 0 atom stereocenters. The van der Waals surface area contributed by atoms with Gasteiger partial charge in [-0.2, -0.15) is 0 Å². The van der Waals surface area contributed by atoms with Gasteiger partial charge in [-0.15, -0.1) is 11.3 Å². The zero-order valence-corrected chi connectivity index (χ0v) is 12.0. The molecule has 6 heteroatoms. The first-order valence-electron chi connectivity index (χ1n) is 6.02. The van der Waals surface area contributed by atoms with Crippen LogP contribution in [0.3, 0.4) is 0 Å². The minimum absolute atomic E-state index is 0.0274. The Kier molecular flexibility index (Phi) is 4.14. The number of nitro groups is 1. The highest BCUT2D eigenvalue weighted by Gasteiger charge is 2.17. The predicted molar refractivity (Wildman–Crippen MR) is 77.9 cm³/mol. The Morgan fingerprint density at radius 1 is 1.40 bits per heavy atom. The number of amides is 1. The lowest BCUT2D eigenvalue weighted by Gasteiger charge is -2.16. The minimum atomic E-state index is -0.467. The largest absolute Gasteiger partial charge is 0.337 e. The van der Waals surface area contributed by atoms with Crippen LogP contribution in [0.25, 0.3) is 0 Å². The molecule has 0 N–H and O–H groups in total. The summed E-state index contributed by atoms with van der Waals surface area (Å²) < 4.78 is 0. The fourth-order valence-electron chi connectivity index (χ4n) is 1.87. The molecule has 0 fully saturated rings. The Bertz CT molecular complexity index is 638. The first-order valence-corrected chi connectivity index (χ1v) is 6.90. The van der Waals surface area contributed by atoms with E-state index in [0.717, 1.165) is 4.88 Å². The van der Waals surface area contributed by atoms with E-state index < -0.39 is 4.92 Å². The molecule has 0 saturated heterocycles. The van der Waals surface area contributed by atoms with Crippen LogP contribution in [0.1, 0.15) is 20.8 Å². The van der Waals surface area contributed by atoms with Crippen molar-refractivity contribution in [3.8, 4) is 0 Å². The fraction of sp³-hybridized carbons (Fsp3) is 0.214. The summed E-state index contributed by atoms with van der Waals surface area (Å²) in [5, 5.41) is 12.9. The van der Waals surface area contributed by atoms with Gasteiger partial charge in [0, 0.05) is 29.1 Å². The zero-order chi connectivity index (χ0) is 14.7. The van der Waals surface area contributed by atoms with Crippen LogP contribution in [0, 0.1) is 17.0 Å². The van der Waals surface area contributed by atoms with Gasteiger partial charge in [0.15, 0.2) is 0 Å². The summed E-state index contributed by atoms with van der Waals surface area (Å²) in [4.78, 5) is 25.3. The van der Waals surface area contributed by atoms with E-state index in [2.05, 4.69) is 0 Å². The molecule has 5 nitrogen and oxygen atoms in total. The van der Waals surface area contributed by atoms with Crippen LogP contribution in [-0.4, -0.2) is 22.8 Å². The van der Waals surface area contributed by atoms with Crippen LogP contribution < -0.4 is 0 Å². The van der Waals surface area contributed by atoms with Gasteiger partial charge < -0.3 is 4.90 Å².